The Kier molecular flexibility index (Phi) is 18.5. The summed E-state index contributed by atoms with van der Waals surface area (Å²) in [5.74, 6) is -2.15. The number of halogens is 3. The van der Waals surface area contributed by atoms with E-state index in [1.807, 2.05) is 91.0 Å². The van der Waals surface area contributed by atoms with Gasteiger partial charge >= 0.3 is 231 Å². The molecule has 6 nitrogen and oxygen atoms in total. The first-order valence-corrected chi connectivity index (χ1v) is 21.2. The van der Waals surface area contributed by atoms with Gasteiger partial charge in [-0.3, -0.25) is 4.84 Å². The molecule has 282 valence electrons. The summed E-state index contributed by atoms with van der Waals surface area (Å²) in [5.41, 5.74) is 7.08. The molecule has 0 aliphatic carbocycles. The fourth-order valence-electron chi connectivity index (χ4n) is 7.04. The Morgan fingerprint density at radius 2 is 0.843 bits per heavy atom. The Morgan fingerprint density at radius 3 is 1.16 bits per heavy atom. The quantitative estimate of drug-likeness (QED) is 0.0489. The molecule has 3 N–H and O–H groups in total. The molecule has 0 saturated heterocycles. The number of urea groups is 1. The van der Waals surface area contributed by atoms with Gasteiger partial charge in [0, 0.05) is 0 Å². The molecule has 0 saturated carbocycles. The molecule has 0 aliphatic rings. The summed E-state index contributed by atoms with van der Waals surface area (Å²) in [5, 5.41) is 1.86. The fraction of sp³-hybridized carbons (Fsp3) is 0.512. The van der Waals surface area contributed by atoms with Crippen LogP contribution in [0.2, 0.25) is 0 Å². The number of hydrogen-bond donors (Lipinski definition) is 2. The molecule has 0 bridgehead atoms. The van der Waals surface area contributed by atoms with E-state index in [1.165, 1.54) is 70.6 Å². The third-order valence-electron chi connectivity index (χ3n) is 9.68. The van der Waals surface area contributed by atoms with E-state index in [4.69, 9.17) is 15.1 Å². The van der Waals surface area contributed by atoms with Gasteiger partial charge in [0.2, 0.25) is 0 Å². The van der Waals surface area contributed by atoms with Gasteiger partial charge in [-0.1, -0.05) is 38.5 Å². The average Bonchev–Trinajstić information content (AvgIpc) is 3.14. The number of nitrogens with two attached hydrogens (primary N) is 1. The van der Waals surface area contributed by atoms with Crippen LogP contribution in [0.5, 0.6) is 0 Å². The number of carbonyl (C=O) groups is 2. The van der Waals surface area contributed by atoms with Gasteiger partial charge in [-0.15, -0.1) is 0 Å². The van der Waals surface area contributed by atoms with Crippen molar-refractivity contribution in [2.24, 2.45) is 5.73 Å². The van der Waals surface area contributed by atoms with E-state index < -0.39 is 25.0 Å². The Morgan fingerprint density at radius 1 is 0.529 bits per heavy atom. The monoisotopic (exact) mass is 730 g/mol. The van der Waals surface area contributed by atoms with E-state index in [0.29, 0.717) is 35.1 Å². The third kappa shape index (κ3) is 13.3. The molecule has 0 aliphatic heterocycles. The molecule has 0 heterocycles. The van der Waals surface area contributed by atoms with Crippen LogP contribution in [0, 0.1) is 0 Å². The minimum absolute atomic E-state index is 0.304. The predicted octanol–water partition coefficient (Wildman–Crippen LogP) is 10.2. The van der Waals surface area contributed by atoms with Gasteiger partial charge in [0.25, 0.3) is 0 Å². The van der Waals surface area contributed by atoms with E-state index in [1.54, 1.807) is 0 Å². The fourth-order valence-corrected chi connectivity index (χ4v) is 12.8. The molecule has 2 amide bonds. The number of carbonyl (C=O) groups excluding carboxylic acids is 2. The van der Waals surface area contributed by atoms with Crippen LogP contribution in [0.4, 0.5) is 18.0 Å². The van der Waals surface area contributed by atoms with Crippen LogP contribution >= 0.6 is 6.83 Å². The zero-order chi connectivity index (χ0) is 36.7. The van der Waals surface area contributed by atoms with Gasteiger partial charge in [-0.05, 0) is 6.42 Å². The van der Waals surface area contributed by atoms with Crippen LogP contribution in [-0.2, 0) is 14.2 Å². The zero-order valence-electron chi connectivity index (χ0n) is 30.1. The van der Waals surface area contributed by atoms with E-state index in [2.05, 4.69) is 5.48 Å². The Hall–Kier alpha value is -3.42. The molecular formula is C41H58F3N2O4P. The number of primary amides is 1. The van der Waals surface area contributed by atoms with Crippen molar-refractivity contribution >= 4 is 34.7 Å². The molecular weight excluding hydrogens is 672 g/mol. The SMILES string of the molecule is NC(=O)NOCCCCCCCCCCCCCCCCCCCCP(OC(=O)C(F)(F)F)(c1ccccc1)(c1ccccc1)c1ccccc1. The van der Waals surface area contributed by atoms with Gasteiger partial charge < -0.3 is 5.73 Å². The summed E-state index contributed by atoms with van der Waals surface area (Å²) in [7, 11) is 0. The summed E-state index contributed by atoms with van der Waals surface area (Å²) in [4.78, 5) is 28.4. The molecule has 0 fully saturated rings. The molecule has 0 unspecified atom stereocenters. The second kappa shape index (κ2) is 22.5. The summed E-state index contributed by atoms with van der Waals surface area (Å²) < 4.78 is 48.1. The van der Waals surface area contributed by atoms with Crippen molar-refractivity contribution in [1.29, 1.82) is 0 Å². The first kappa shape index (κ1) is 42.0. The number of amides is 2. The number of hydroxylamine groups is 1. The molecule has 51 heavy (non-hydrogen) atoms. The van der Waals surface area contributed by atoms with Crippen LogP contribution in [0.25, 0.3) is 0 Å². The van der Waals surface area contributed by atoms with Crippen LogP contribution in [-0.4, -0.2) is 30.9 Å². The van der Waals surface area contributed by atoms with Crippen LogP contribution < -0.4 is 27.1 Å². The standard InChI is InChI=1S/C41H58F3N2O4P/c42-41(43,44)39(47)50-51(36-28-20-17-21-29-36,37-30-22-18-23-31-37,38-32-24-19-25-33-38)35-27-16-14-12-10-8-6-4-2-1-3-5-7-9-11-13-15-26-34-49-46-40(45)48/h17-25,28-33H,1-16,26-27,34-35H2,(H3,45,46,48). The number of unbranched alkanes of at least 4 members (excludes halogenated alkanes) is 17. The Balaban J connectivity index is 1.43. The van der Waals surface area contributed by atoms with Gasteiger partial charge in [0.15, 0.2) is 0 Å². The molecule has 3 rings (SSSR count). The van der Waals surface area contributed by atoms with E-state index in [9.17, 15) is 22.8 Å². The van der Waals surface area contributed by atoms with E-state index in [0.717, 1.165) is 38.5 Å². The van der Waals surface area contributed by atoms with Gasteiger partial charge in [0.1, 0.15) is 0 Å². The second-order valence-electron chi connectivity index (χ2n) is 13.5. The number of nitrogens with one attached hydrogen (secondary N) is 1. The number of hydrogen-bond acceptors (Lipinski definition) is 4. The molecule has 3 aromatic rings. The van der Waals surface area contributed by atoms with E-state index in [-0.39, 0.29) is 0 Å². The number of benzene rings is 3. The van der Waals surface area contributed by atoms with Crippen molar-refractivity contribution < 1.29 is 32.1 Å². The normalized spacial score (nSPS) is 12.6. The van der Waals surface area contributed by atoms with Gasteiger partial charge in [-0.25, -0.2) is 10.3 Å². The second-order valence-corrected chi connectivity index (χ2v) is 18.1. The molecule has 0 atom stereocenters. The topological polar surface area (TPSA) is 90.7 Å². The van der Waals surface area contributed by atoms with Crippen molar-refractivity contribution in [3.63, 3.8) is 0 Å². The van der Waals surface area contributed by atoms with E-state index >= 15 is 0 Å². The van der Waals surface area contributed by atoms with Crippen molar-refractivity contribution in [1.82, 2.24) is 5.48 Å². The van der Waals surface area contributed by atoms with Crippen molar-refractivity contribution in [3.05, 3.63) is 91.0 Å². The minimum atomic E-state index is -5.13. The average molecular weight is 731 g/mol. The van der Waals surface area contributed by atoms with Crippen molar-refractivity contribution in [2.45, 2.75) is 122 Å². The Labute approximate surface area is 303 Å². The first-order valence-electron chi connectivity index (χ1n) is 18.9. The number of alkyl halides is 3. The third-order valence-corrected chi connectivity index (χ3v) is 15.6. The van der Waals surface area contributed by atoms with Crippen molar-refractivity contribution in [3.8, 4) is 0 Å². The summed E-state index contributed by atoms with van der Waals surface area (Å²) in [6, 6.07) is 26.6. The molecule has 0 aromatic heterocycles. The Bertz CT molecular complexity index is 1290. The first-order chi connectivity index (χ1) is 24.7. The molecule has 10 heteroatoms. The molecule has 0 spiro atoms. The van der Waals surface area contributed by atoms with Gasteiger partial charge in [-0.2, -0.15) is 0 Å². The molecule has 3 aromatic carbocycles. The number of rotatable bonds is 26. The van der Waals surface area contributed by atoms with Gasteiger partial charge in [0.05, 0.1) is 6.61 Å². The predicted molar refractivity (Wildman–Crippen MR) is 204 cm³/mol. The van der Waals surface area contributed by atoms with Crippen LogP contribution in [0.1, 0.15) is 116 Å². The maximum atomic E-state index is 14.0. The maximum absolute atomic E-state index is 14.0. The summed E-state index contributed by atoms with van der Waals surface area (Å²) >= 11 is 0. The van der Waals surface area contributed by atoms with Crippen LogP contribution in [0.3, 0.4) is 0 Å². The van der Waals surface area contributed by atoms with Crippen molar-refractivity contribution in [2.75, 3.05) is 12.8 Å². The molecule has 0 radical (unpaired) electrons. The summed E-state index contributed by atoms with van der Waals surface area (Å²) in [6.07, 6.45) is 15.7. The zero-order valence-corrected chi connectivity index (χ0v) is 31.0. The summed E-state index contributed by atoms with van der Waals surface area (Å²) in [6.45, 7) is -3.88. The van der Waals surface area contributed by atoms with Crippen LogP contribution in [0.15, 0.2) is 91.0 Å².